The Hall–Kier alpha value is -1.10. The van der Waals surface area contributed by atoms with Gasteiger partial charge < -0.3 is 5.32 Å². The van der Waals surface area contributed by atoms with E-state index in [9.17, 15) is 13.6 Å². The fourth-order valence-electron chi connectivity index (χ4n) is 1.59. The molecule has 16 heavy (non-hydrogen) atoms. The molecule has 1 aromatic carbocycles. The third kappa shape index (κ3) is 1.91. The molecule has 0 aliphatic carbocycles. The second kappa shape index (κ2) is 4.05. The number of hydrogen-bond acceptors (Lipinski definition) is 2. The highest BCUT2D eigenvalue weighted by atomic mass is 32.2. The molecule has 0 bridgehead atoms. The summed E-state index contributed by atoms with van der Waals surface area (Å²) in [6.07, 6.45) is 0. The summed E-state index contributed by atoms with van der Waals surface area (Å²) >= 11 is 1.21. The molecule has 86 valence electrons. The molecule has 0 radical (unpaired) electrons. The first kappa shape index (κ1) is 11.4. The fraction of sp³-hybridized carbons (Fsp3) is 0.364. The molecule has 2 rings (SSSR count). The minimum absolute atomic E-state index is 0.0910. The number of amides is 1. The Morgan fingerprint density at radius 2 is 2.06 bits per heavy atom. The van der Waals surface area contributed by atoms with Gasteiger partial charge >= 0.3 is 0 Å². The molecule has 0 saturated heterocycles. The topological polar surface area (TPSA) is 29.1 Å². The van der Waals surface area contributed by atoms with Crippen LogP contribution >= 0.6 is 11.8 Å². The molecule has 1 unspecified atom stereocenters. The van der Waals surface area contributed by atoms with Crippen LogP contribution in [-0.4, -0.2) is 11.2 Å². The quantitative estimate of drug-likeness (QED) is 0.821. The summed E-state index contributed by atoms with van der Waals surface area (Å²) in [7, 11) is 0. The van der Waals surface area contributed by atoms with Crippen LogP contribution in [0.15, 0.2) is 17.0 Å². The molecule has 5 heteroatoms. The van der Waals surface area contributed by atoms with Gasteiger partial charge in [-0.3, -0.25) is 4.79 Å². The monoisotopic (exact) mass is 243 g/mol. The Morgan fingerprint density at radius 3 is 2.69 bits per heavy atom. The van der Waals surface area contributed by atoms with Crippen LogP contribution in [0.2, 0.25) is 0 Å². The Bertz CT molecular complexity index is 448. The van der Waals surface area contributed by atoms with E-state index in [0.29, 0.717) is 4.90 Å². The zero-order valence-corrected chi connectivity index (χ0v) is 9.70. The molecule has 1 N–H and O–H groups in total. The first-order valence-electron chi connectivity index (χ1n) is 4.95. The molecule has 0 saturated carbocycles. The zero-order valence-electron chi connectivity index (χ0n) is 8.88. The SMILES string of the molecule is CC(C)C1Sc2cc(F)cc(F)c2NC1=O. The maximum absolute atomic E-state index is 13.4. The van der Waals surface area contributed by atoms with Gasteiger partial charge in [-0.15, -0.1) is 11.8 Å². The highest BCUT2D eigenvalue weighted by Crippen LogP contribution is 2.40. The van der Waals surface area contributed by atoms with Crippen molar-refractivity contribution in [2.75, 3.05) is 5.32 Å². The van der Waals surface area contributed by atoms with Crippen LogP contribution < -0.4 is 5.32 Å². The predicted molar refractivity (Wildman–Crippen MR) is 59.5 cm³/mol. The van der Waals surface area contributed by atoms with Crippen molar-refractivity contribution in [1.82, 2.24) is 0 Å². The largest absolute Gasteiger partial charge is 0.322 e. The minimum Gasteiger partial charge on any atom is -0.322 e. The van der Waals surface area contributed by atoms with E-state index in [4.69, 9.17) is 0 Å². The van der Waals surface area contributed by atoms with Crippen molar-refractivity contribution in [2.45, 2.75) is 24.0 Å². The normalized spacial score (nSPS) is 19.6. The van der Waals surface area contributed by atoms with Gasteiger partial charge in [-0.1, -0.05) is 13.8 Å². The van der Waals surface area contributed by atoms with Crippen LogP contribution in [0, 0.1) is 17.6 Å². The average Bonchev–Trinajstić information content (AvgIpc) is 2.18. The molecule has 1 atom stereocenters. The molecule has 0 fully saturated rings. The minimum atomic E-state index is -0.724. The number of carbonyl (C=O) groups excluding carboxylic acids is 1. The second-order valence-electron chi connectivity index (χ2n) is 4.03. The third-order valence-electron chi connectivity index (χ3n) is 2.38. The van der Waals surface area contributed by atoms with Crippen LogP contribution in [-0.2, 0) is 4.79 Å². The summed E-state index contributed by atoms with van der Waals surface area (Å²) in [6, 6.07) is 2.02. The van der Waals surface area contributed by atoms with Gasteiger partial charge in [-0.05, 0) is 12.0 Å². The average molecular weight is 243 g/mol. The van der Waals surface area contributed by atoms with Crippen LogP contribution in [0.25, 0.3) is 0 Å². The molecule has 0 spiro atoms. The van der Waals surface area contributed by atoms with E-state index in [0.717, 1.165) is 6.07 Å². The summed E-state index contributed by atoms with van der Waals surface area (Å²) in [5.41, 5.74) is 0.0910. The van der Waals surface area contributed by atoms with Crippen LogP contribution in [0.1, 0.15) is 13.8 Å². The number of hydrogen-bond donors (Lipinski definition) is 1. The maximum atomic E-state index is 13.4. The molecule has 1 aliphatic rings. The summed E-state index contributed by atoms with van der Waals surface area (Å²) in [6.45, 7) is 3.80. The van der Waals surface area contributed by atoms with Crippen molar-refractivity contribution < 1.29 is 13.6 Å². The molecule has 1 aromatic rings. The predicted octanol–water partition coefficient (Wildman–Crippen LogP) is 3.03. The highest BCUT2D eigenvalue weighted by Gasteiger charge is 2.31. The second-order valence-corrected chi connectivity index (χ2v) is 5.22. The van der Waals surface area contributed by atoms with Crippen LogP contribution in [0.3, 0.4) is 0 Å². The van der Waals surface area contributed by atoms with E-state index in [1.54, 1.807) is 0 Å². The molecule has 1 aliphatic heterocycles. The van der Waals surface area contributed by atoms with Gasteiger partial charge in [0.1, 0.15) is 5.82 Å². The van der Waals surface area contributed by atoms with Crippen molar-refractivity contribution in [3.05, 3.63) is 23.8 Å². The Balaban J connectivity index is 2.43. The van der Waals surface area contributed by atoms with Crippen molar-refractivity contribution in [3.63, 3.8) is 0 Å². The molecule has 1 amide bonds. The van der Waals surface area contributed by atoms with Gasteiger partial charge in [-0.2, -0.15) is 0 Å². The van der Waals surface area contributed by atoms with Gasteiger partial charge in [-0.25, -0.2) is 8.78 Å². The van der Waals surface area contributed by atoms with Gasteiger partial charge in [0, 0.05) is 11.0 Å². The Labute approximate surface area is 96.4 Å². The highest BCUT2D eigenvalue weighted by molar-refractivity contribution is 8.01. The molecule has 2 nitrogen and oxygen atoms in total. The number of fused-ring (bicyclic) bond motifs is 1. The maximum Gasteiger partial charge on any atom is 0.238 e. The van der Waals surface area contributed by atoms with Crippen molar-refractivity contribution in [1.29, 1.82) is 0 Å². The fourth-order valence-corrected chi connectivity index (χ4v) is 2.75. The van der Waals surface area contributed by atoms with Crippen molar-refractivity contribution in [3.8, 4) is 0 Å². The van der Waals surface area contributed by atoms with E-state index in [-0.39, 0.29) is 22.8 Å². The van der Waals surface area contributed by atoms with E-state index in [2.05, 4.69) is 5.32 Å². The van der Waals surface area contributed by atoms with Crippen LogP contribution in [0.5, 0.6) is 0 Å². The van der Waals surface area contributed by atoms with Gasteiger partial charge in [0.05, 0.1) is 10.9 Å². The number of anilines is 1. The molecular formula is C11H11F2NOS. The van der Waals surface area contributed by atoms with Crippen LogP contribution in [0.4, 0.5) is 14.5 Å². The summed E-state index contributed by atoms with van der Waals surface area (Å²) in [4.78, 5) is 12.1. The summed E-state index contributed by atoms with van der Waals surface area (Å²) < 4.78 is 26.4. The Kier molecular flexibility index (Phi) is 2.88. The Morgan fingerprint density at radius 1 is 1.38 bits per heavy atom. The van der Waals surface area contributed by atoms with Gasteiger partial charge in [0.25, 0.3) is 0 Å². The van der Waals surface area contributed by atoms with E-state index < -0.39 is 11.6 Å². The smallest absolute Gasteiger partial charge is 0.238 e. The van der Waals surface area contributed by atoms with Gasteiger partial charge in [0.2, 0.25) is 5.91 Å². The first-order chi connectivity index (χ1) is 7.49. The van der Waals surface area contributed by atoms with Crippen molar-refractivity contribution in [2.24, 2.45) is 5.92 Å². The molecule has 1 heterocycles. The lowest BCUT2D eigenvalue weighted by molar-refractivity contribution is -0.116. The van der Waals surface area contributed by atoms with E-state index in [1.807, 2.05) is 13.8 Å². The van der Waals surface area contributed by atoms with E-state index in [1.165, 1.54) is 17.8 Å². The van der Waals surface area contributed by atoms with Gasteiger partial charge in [0.15, 0.2) is 5.82 Å². The lowest BCUT2D eigenvalue weighted by Crippen LogP contribution is -2.33. The van der Waals surface area contributed by atoms with Crippen molar-refractivity contribution >= 4 is 23.4 Å². The first-order valence-corrected chi connectivity index (χ1v) is 5.83. The zero-order chi connectivity index (χ0) is 11.9. The number of thioether (sulfide) groups is 1. The number of halogens is 2. The lowest BCUT2D eigenvalue weighted by Gasteiger charge is -2.26. The number of nitrogens with one attached hydrogen (secondary N) is 1. The number of rotatable bonds is 1. The van der Waals surface area contributed by atoms with E-state index >= 15 is 0 Å². The third-order valence-corrected chi connectivity index (χ3v) is 3.97. The number of carbonyl (C=O) groups is 1. The lowest BCUT2D eigenvalue weighted by atomic mass is 10.1. The number of benzene rings is 1. The summed E-state index contributed by atoms with van der Waals surface area (Å²) in [5, 5.41) is 2.19. The summed E-state index contributed by atoms with van der Waals surface area (Å²) in [5.74, 6) is -1.46. The standard InChI is InChI=1S/C11H11F2NOS/c1-5(2)10-11(15)14-9-7(13)3-6(12)4-8(9)16-10/h3-5,10H,1-2H3,(H,14,15). The molecule has 0 aromatic heterocycles. The molecular weight excluding hydrogens is 232 g/mol.